The van der Waals surface area contributed by atoms with E-state index < -0.39 is 0 Å². The van der Waals surface area contributed by atoms with Gasteiger partial charge in [-0.1, -0.05) is 32.9 Å². The van der Waals surface area contributed by atoms with E-state index >= 15 is 0 Å². The van der Waals surface area contributed by atoms with E-state index in [1.165, 1.54) is 18.4 Å². The average molecular weight is 289 g/mol. The summed E-state index contributed by atoms with van der Waals surface area (Å²) in [5.74, 6) is 1.72. The first kappa shape index (κ1) is 16.4. The van der Waals surface area contributed by atoms with Crippen LogP contribution in [0.25, 0.3) is 0 Å². The maximum atomic E-state index is 6.70. The fraction of sp³-hybridized carbons (Fsp3) is 0.684. The fourth-order valence-electron chi connectivity index (χ4n) is 3.43. The maximum absolute atomic E-state index is 6.70. The summed E-state index contributed by atoms with van der Waals surface area (Å²) in [5.41, 5.74) is 8.20. The zero-order chi connectivity index (χ0) is 15.7. The highest BCUT2D eigenvalue weighted by Crippen LogP contribution is 2.44. The lowest BCUT2D eigenvalue weighted by Crippen LogP contribution is -2.42. The molecule has 1 fully saturated rings. The third kappa shape index (κ3) is 4.00. The predicted octanol–water partition coefficient (Wildman–Crippen LogP) is 4.86. The molecule has 0 aromatic heterocycles. The Morgan fingerprint density at radius 1 is 1.10 bits per heavy atom. The van der Waals surface area contributed by atoms with Gasteiger partial charge in [0.1, 0.15) is 5.75 Å². The molecule has 2 nitrogen and oxygen atoms in total. The standard InChI is InChI=1S/C19H31NO/c1-14(2)21-17-8-6-16(7-9-17)19(20)12-10-15(11-13-19)18(3,4)5/h6-9,14-15H,10-13,20H2,1-5H3. The SMILES string of the molecule is CC(C)Oc1ccc(C2(N)CCC(C(C)(C)C)CC2)cc1. The summed E-state index contributed by atoms with van der Waals surface area (Å²) in [4.78, 5) is 0. The highest BCUT2D eigenvalue weighted by atomic mass is 16.5. The third-order valence-electron chi connectivity index (χ3n) is 4.90. The van der Waals surface area contributed by atoms with Gasteiger partial charge in [0.25, 0.3) is 0 Å². The second-order valence-corrected chi connectivity index (χ2v) is 7.99. The molecule has 0 bridgehead atoms. The van der Waals surface area contributed by atoms with Crippen molar-refractivity contribution in [3.05, 3.63) is 29.8 Å². The predicted molar refractivity (Wildman–Crippen MR) is 89.5 cm³/mol. The zero-order valence-electron chi connectivity index (χ0n) is 14.3. The van der Waals surface area contributed by atoms with E-state index in [0.29, 0.717) is 5.41 Å². The minimum absolute atomic E-state index is 0.155. The van der Waals surface area contributed by atoms with E-state index in [-0.39, 0.29) is 11.6 Å². The van der Waals surface area contributed by atoms with Crippen LogP contribution in [0, 0.1) is 11.3 Å². The van der Waals surface area contributed by atoms with Crippen LogP contribution in [0.3, 0.4) is 0 Å². The van der Waals surface area contributed by atoms with E-state index in [9.17, 15) is 0 Å². The number of nitrogens with two attached hydrogens (primary N) is 1. The van der Waals surface area contributed by atoms with Crippen LogP contribution in [0.2, 0.25) is 0 Å². The lowest BCUT2D eigenvalue weighted by Gasteiger charge is -2.42. The van der Waals surface area contributed by atoms with Gasteiger partial charge in [-0.15, -0.1) is 0 Å². The summed E-state index contributed by atoms with van der Waals surface area (Å²) >= 11 is 0. The molecule has 0 saturated heterocycles. The Morgan fingerprint density at radius 3 is 2.05 bits per heavy atom. The smallest absolute Gasteiger partial charge is 0.119 e. The van der Waals surface area contributed by atoms with Crippen molar-refractivity contribution in [2.24, 2.45) is 17.1 Å². The van der Waals surface area contributed by atoms with Gasteiger partial charge in [-0.2, -0.15) is 0 Å². The monoisotopic (exact) mass is 289 g/mol. The molecule has 0 radical (unpaired) electrons. The number of rotatable bonds is 3. The van der Waals surface area contributed by atoms with Gasteiger partial charge in [-0.25, -0.2) is 0 Å². The van der Waals surface area contributed by atoms with Crippen LogP contribution in [-0.2, 0) is 5.54 Å². The largest absolute Gasteiger partial charge is 0.491 e. The topological polar surface area (TPSA) is 35.2 Å². The lowest BCUT2D eigenvalue weighted by molar-refractivity contribution is 0.134. The maximum Gasteiger partial charge on any atom is 0.119 e. The summed E-state index contributed by atoms with van der Waals surface area (Å²) in [5, 5.41) is 0. The molecule has 118 valence electrons. The minimum atomic E-state index is -0.155. The zero-order valence-corrected chi connectivity index (χ0v) is 14.3. The van der Waals surface area contributed by atoms with Gasteiger partial charge in [0.2, 0.25) is 0 Å². The van der Waals surface area contributed by atoms with E-state index in [4.69, 9.17) is 10.5 Å². The van der Waals surface area contributed by atoms with Gasteiger partial charge in [0.15, 0.2) is 0 Å². The van der Waals surface area contributed by atoms with Crippen LogP contribution in [0.15, 0.2) is 24.3 Å². The van der Waals surface area contributed by atoms with Gasteiger partial charge in [-0.05, 0) is 68.6 Å². The van der Waals surface area contributed by atoms with Crippen LogP contribution in [0.1, 0.15) is 65.9 Å². The molecule has 0 heterocycles. The lowest BCUT2D eigenvalue weighted by atomic mass is 9.66. The quantitative estimate of drug-likeness (QED) is 0.862. The molecular weight excluding hydrogens is 258 g/mol. The molecule has 0 spiro atoms. The second-order valence-electron chi connectivity index (χ2n) is 7.99. The average Bonchev–Trinajstić information content (AvgIpc) is 2.38. The van der Waals surface area contributed by atoms with Crippen LogP contribution in [0.5, 0.6) is 5.75 Å². The Bertz CT molecular complexity index is 447. The van der Waals surface area contributed by atoms with Crippen molar-refractivity contribution >= 4 is 0 Å². The van der Waals surface area contributed by atoms with Gasteiger partial charge < -0.3 is 10.5 Å². The summed E-state index contributed by atoms with van der Waals surface area (Å²) in [6.07, 6.45) is 4.83. The molecule has 0 aliphatic heterocycles. The molecule has 1 aromatic carbocycles. The van der Waals surface area contributed by atoms with Gasteiger partial charge in [0, 0.05) is 5.54 Å². The molecule has 2 N–H and O–H groups in total. The van der Waals surface area contributed by atoms with Crippen LogP contribution < -0.4 is 10.5 Å². The molecular formula is C19H31NO. The van der Waals surface area contributed by atoms with Crippen molar-refractivity contribution in [2.75, 3.05) is 0 Å². The summed E-state index contributed by atoms with van der Waals surface area (Å²) < 4.78 is 5.71. The van der Waals surface area contributed by atoms with Crippen molar-refractivity contribution in [1.29, 1.82) is 0 Å². The highest BCUT2D eigenvalue weighted by molar-refractivity contribution is 5.32. The van der Waals surface area contributed by atoms with Gasteiger partial charge in [-0.3, -0.25) is 0 Å². The highest BCUT2D eigenvalue weighted by Gasteiger charge is 2.37. The van der Waals surface area contributed by atoms with Crippen LogP contribution >= 0.6 is 0 Å². The van der Waals surface area contributed by atoms with Crippen molar-refractivity contribution < 1.29 is 4.74 Å². The molecule has 1 aliphatic carbocycles. The van der Waals surface area contributed by atoms with Gasteiger partial charge >= 0.3 is 0 Å². The van der Waals surface area contributed by atoms with E-state index in [1.807, 2.05) is 13.8 Å². The fourth-order valence-corrected chi connectivity index (χ4v) is 3.43. The summed E-state index contributed by atoms with van der Waals surface area (Å²) in [6.45, 7) is 11.1. The summed E-state index contributed by atoms with van der Waals surface area (Å²) in [7, 11) is 0. The van der Waals surface area contributed by atoms with E-state index in [1.54, 1.807) is 0 Å². The normalized spacial score (nSPS) is 26.9. The molecule has 0 atom stereocenters. The van der Waals surface area contributed by atoms with Gasteiger partial charge in [0.05, 0.1) is 6.10 Å². The van der Waals surface area contributed by atoms with Crippen molar-refractivity contribution in [3.8, 4) is 5.75 Å². The number of hydrogen-bond acceptors (Lipinski definition) is 2. The third-order valence-corrected chi connectivity index (χ3v) is 4.90. The molecule has 1 aromatic rings. The Morgan fingerprint density at radius 2 is 1.62 bits per heavy atom. The Kier molecular flexibility index (Phi) is 4.67. The molecule has 1 saturated carbocycles. The molecule has 0 amide bonds. The molecule has 2 rings (SSSR count). The minimum Gasteiger partial charge on any atom is -0.491 e. The second kappa shape index (κ2) is 6.00. The molecule has 1 aliphatic rings. The number of hydrogen-bond donors (Lipinski definition) is 1. The first-order valence-electron chi connectivity index (χ1n) is 8.27. The molecule has 0 unspecified atom stereocenters. The van der Waals surface area contributed by atoms with Crippen molar-refractivity contribution in [2.45, 2.75) is 71.9 Å². The number of benzene rings is 1. The van der Waals surface area contributed by atoms with E-state index in [0.717, 1.165) is 24.5 Å². The van der Waals surface area contributed by atoms with Crippen molar-refractivity contribution in [1.82, 2.24) is 0 Å². The summed E-state index contributed by atoms with van der Waals surface area (Å²) in [6, 6.07) is 8.41. The first-order chi connectivity index (χ1) is 9.71. The molecule has 2 heteroatoms. The van der Waals surface area contributed by atoms with E-state index in [2.05, 4.69) is 45.0 Å². The first-order valence-corrected chi connectivity index (χ1v) is 8.27. The van der Waals surface area contributed by atoms with Crippen LogP contribution in [0.4, 0.5) is 0 Å². The van der Waals surface area contributed by atoms with Crippen molar-refractivity contribution in [3.63, 3.8) is 0 Å². The Balaban J connectivity index is 2.05. The Labute approximate surface area is 130 Å². The molecule has 21 heavy (non-hydrogen) atoms. The van der Waals surface area contributed by atoms with Crippen LogP contribution in [-0.4, -0.2) is 6.10 Å². The number of ether oxygens (including phenoxy) is 1. The Hall–Kier alpha value is -1.02.